The zero-order chi connectivity index (χ0) is 23.7. The fourth-order valence-electron chi connectivity index (χ4n) is 3.14. The predicted molar refractivity (Wildman–Crippen MR) is 108 cm³/mol. The van der Waals surface area contributed by atoms with E-state index in [4.69, 9.17) is 13.0 Å². The molecule has 2 N–H and O–H groups in total. The maximum atomic E-state index is 12.7. The summed E-state index contributed by atoms with van der Waals surface area (Å²) < 4.78 is 57.5. The lowest BCUT2D eigenvalue weighted by atomic mass is 9.90. The number of alkyl halides is 3. The summed E-state index contributed by atoms with van der Waals surface area (Å²) in [7, 11) is -5.84. The number of amides is 2. The van der Waals surface area contributed by atoms with Gasteiger partial charge in [-0.2, -0.15) is 21.6 Å². The van der Waals surface area contributed by atoms with Crippen molar-refractivity contribution in [3.05, 3.63) is 82.9 Å². The van der Waals surface area contributed by atoms with E-state index >= 15 is 0 Å². The first kappa shape index (κ1) is 23.1. The molecule has 2 amide bonds. The second-order valence-electron chi connectivity index (χ2n) is 6.68. The van der Waals surface area contributed by atoms with E-state index in [1.807, 2.05) is 30.3 Å². The number of benzene rings is 3. The van der Waals surface area contributed by atoms with Gasteiger partial charge in [0.25, 0.3) is 11.8 Å². The number of hydrogen-bond donors (Lipinski definition) is 2. The summed E-state index contributed by atoms with van der Waals surface area (Å²) in [5, 5.41) is 3.53. The van der Waals surface area contributed by atoms with E-state index in [0.717, 1.165) is 5.56 Å². The van der Waals surface area contributed by atoms with Crippen molar-refractivity contribution in [2.45, 2.75) is 11.9 Å². The standard InChI is InChI=1S/C20H13NO3.CHF3O3S/c22-17(11-12-5-2-1-3-6-12)13-9-10-16-18-14(13)7-4-8-15(18)19(23)21-20(16)24;2-1(3,4)8(5,6)7/h1-10H,11H2,(H,21,23,24);(H,5,6,7). The lowest BCUT2D eigenvalue weighted by Gasteiger charge is -2.18. The molecule has 1 aliphatic heterocycles. The summed E-state index contributed by atoms with van der Waals surface area (Å²) in [4.78, 5) is 36.8. The molecule has 0 aromatic heterocycles. The third-order valence-corrected chi connectivity index (χ3v) is 5.14. The molecule has 0 saturated carbocycles. The molecule has 3 aromatic rings. The third-order valence-electron chi connectivity index (χ3n) is 4.56. The number of nitrogens with one attached hydrogen (secondary N) is 1. The predicted octanol–water partition coefficient (Wildman–Crippen LogP) is 3.54. The Morgan fingerprint density at radius 3 is 2.00 bits per heavy atom. The Morgan fingerprint density at radius 1 is 0.875 bits per heavy atom. The zero-order valence-electron chi connectivity index (χ0n) is 16.0. The number of carbonyl (C=O) groups excluding carboxylic acids is 3. The highest BCUT2D eigenvalue weighted by Gasteiger charge is 2.44. The van der Waals surface area contributed by atoms with Crippen molar-refractivity contribution < 1.29 is 40.5 Å². The smallest absolute Gasteiger partial charge is 0.294 e. The first-order valence-electron chi connectivity index (χ1n) is 8.92. The van der Waals surface area contributed by atoms with Crippen LogP contribution in [0.4, 0.5) is 13.2 Å². The van der Waals surface area contributed by atoms with Crippen LogP contribution >= 0.6 is 0 Å². The Kier molecular flexibility index (Phi) is 6.15. The Morgan fingerprint density at radius 2 is 1.44 bits per heavy atom. The highest BCUT2D eigenvalue weighted by Crippen LogP contribution is 2.30. The van der Waals surface area contributed by atoms with Gasteiger partial charge in [-0.15, -0.1) is 0 Å². The van der Waals surface area contributed by atoms with Crippen LogP contribution in [0, 0.1) is 0 Å². The maximum absolute atomic E-state index is 12.7. The van der Waals surface area contributed by atoms with Crippen molar-refractivity contribution in [3.63, 3.8) is 0 Å². The fourth-order valence-corrected chi connectivity index (χ4v) is 3.14. The lowest BCUT2D eigenvalue weighted by Crippen LogP contribution is -2.34. The topological polar surface area (TPSA) is 118 Å². The molecule has 0 atom stereocenters. The van der Waals surface area contributed by atoms with Crippen LogP contribution in [0.3, 0.4) is 0 Å². The van der Waals surface area contributed by atoms with Gasteiger partial charge in [0.05, 0.1) is 0 Å². The van der Waals surface area contributed by atoms with Gasteiger partial charge < -0.3 is 0 Å². The number of ketones is 1. The molecule has 1 heterocycles. The molecular weight excluding hydrogens is 451 g/mol. The largest absolute Gasteiger partial charge is 0.522 e. The molecule has 0 radical (unpaired) electrons. The normalized spacial score (nSPS) is 13.2. The van der Waals surface area contributed by atoms with Crippen molar-refractivity contribution in [1.82, 2.24) is 5.32 Å². The molecular formula is C21H14F3NO6S. The Balaban J connectivity index is 0.000000312. The Hall–Kier alpha value is -3.57. The number of imide groups is 1. The van der Waals surface area contributed by atoms with Crippen molar-refractivity contribution in [2.24, 2.45) is 0 Å². The molecule has 32 heavy (non-hydrogen) atoms. The van der Waals surface area contributed by atoms with Gasteiger partial charge in [0.1, 0.15) is 0 Å². The molecule has 0 fully saturated rings. The summed E-state index contributed by atoms with van der Waals surface area (Å²) in [6, 6.07) is 18.0. The van der Waals surface area contributed by atoms with E-state index in [-0.39, 0.29) is 12.2 Å². The molecule has 11 heteroatoms. The summed E-state index contributed by atoms with van der Waals surface area (Å²) in [6.45, 7) is 0. The SMILES string of the molecule is O=C(Cc1ccccc1)c1ccc2c3c(cccc13)C(=O)NC2=O.O=S(=O)(O)C(F)(F)F. The first-order valence-corrected chi connectivity index (χ1v) is 10.4. The van der Waals surface area contributed by atoms with E-state index in [0.29, 0.717) is 27.5 Å². The highest BCUT2D eigenvalue weighted by atomic mass is 32.2. The van der Waals surface area contributed by atoms with Gasteiger partial charge in [-0.25, -0.2) is 0 Å². The number of carbonyl (C=O) groups is 3. The van der Waals surface area contributed by atoms with Crippen LogP contribution < -0.4 is 5.32 Å². The van der Waals surface area contributed by atoms with Crippen molar-refractivity contribution in [1.29, 1.82) is 0 Å². The van der Waals surface area contributed by atoms with Gasteiger partial charge in [0.2, 0.25) is 0 Å². The van der Waals surface area contributed by atoms with Crippen LogP contribution in [0.5, 0.6) is 0 Å². The fraction of sp³-hybridized carbons (Fsp3) is 0.0952. The van der Waals surface area contributed by atoms with E-state index in [1.165, 1.54) is 0 Å². The van der Waals surface area contributed by atoms with E-state index < -0.39 is 27.4 Å². The molecule has 0 unspecified atom stereocenters. The highest BCUT2D eigenvalue weighted by molar-refractivity contribution is 7.86. The van der Waals surface area contributed by atoms with Gasteiger partial charge in [0.15, 0.2) is 5.78 Å². The maximum Gasteiger partial charge on any atom is 0.522 e. The minimum absolute atomic E-state index is 0.0386. The number of rotatable bonds is 3. The van der Waals surface area contributed by atoms with Crippen LogP contribution in [-0.2, 0) is 16.5 Å². The minimum Gasteiger partial charge on any atom is -0.294 e. The number of halogens is 3. The van der Waals surface area contributed by atoms with Crippen LogP contribution in [0.1, 0.15) is 36.6 Å². The van der Waals surface area contributed by atoms with Gasteiger partial charge in [-0.1, -0.05) is 42.5 Å². The first-order chi connectivity index (χ1) is 14.9. The molecule has 3 aromatic carbocycles. The van der Waals surface area contributed by atoms with Crippen LogP contribution in [0.15, 0.2) is 60.7 Å². The lowest BCUT2D eigenvalue weighted by molar-refractivity contribution is -0.0510. The zero-order valence-corrected chi connectivity index (χ0v) is 16.8. The molecule has 0 saturated heterocycles. The number of hydrogen-bond acceptors (Lipinski definition) is 5. The van der Waals surface area contributed by atoms with Crippen molar-refractivity contribution >= 4 is 38.5 Å². The quantitative estimate of drug-likeness (QED) is 0.264. The molecule has 166 valence electrons. The molecule has 4 rings (SSSR count). The van der Waals surface area contributed by atoms with Gasteiger partial charge in [-0.05, 0) is 29.1 Å². The monoisotopic (exact) mass is 465 g/mol. The average Bonchev–Trinajstić information content (AvgIpc) is 2.71. The Labute approximate surface area is 179 Å². The molecule has 0 bridgehead atoms. The van der Waals surface area contributed by atoms with Gasteiger partial charge in [0, 0.05) is 28.5 Å². The average molecular weight is 465 g/mol. The van der Waals surface area contributed by atoms with E-state index in [9.17, 15) is 27.6 Å². The third kappa shape index (κ3) is 4.68. The second-order valence-corrected chi connectivity index (χ2v) is 8.09. The Bertz CT molecular complexity index is 1310. The second kappa shape index (κ2) is 8.52. The van der Waals surface area contributed by atoms with E-state index in [2.05, 4.69) is 5.32 Å². The van der Waals surface area contributed by atoms with Gasteiger partial charge in [-0.3, -0.25) is 24.3 Å². The molecule has 0 aliphatic carbocycles. The van der Waals surface area contributed by atoms with Crippen molar-refractivity contribution in [3.8, 4) is 0 Å². The minimum atomic E-state index is -5.84. The molecule has 1 aliphatic rings. The molecule has 0 spiro atoms. The van der Waals surface area contributed by atoms with E-state index in [1.54, 1.807) is 30.3 Å². The van der Waals surface area contributed by atoms with Crippen LogP contribution in [0.25, 0.3) is 10.8 Å². The van der Waals surface area contributed by atoms with Gasteiger partial charge >= 0.3 is 15.6 Å². The summed E-state index contributed by atoms with van der Waals surface area (Å²) >= 11 is 0. The van der Waals surface area contributed by atoms with Crippen LogP contribution in [0.2, 0.25) is 0 Å². The molecule has 7 nitrogen and oxygen atoms in total. The number of Topliss-reactive ketones (excluding diaryl/α,β-unsaturated/α-hetero) is 1. The summed E-state index contributed by atoms with van der Waals surface area (Å²) in [5.41, 5.74) is -3.22. The summed E-state index contributed by atoms with van der Waals surface area (Å²) in [5.74, 6) is -0.889. The van der Waals surface area contributed by atoms with Crippen LogP contribution in [-0.4, -0.2) is 36.1 Å². The summed E-state index contributed by atoms with van der Waals surface area (Å²) in [6.07, 6.45) is 0.277. The van der Waals surface area contributed by atoms with Crippen molar-refractivity contribution in [2.75, 3.05) is 0 Å².